The molecule has 0 radical (unpaired) electrons. The van der Waals surface area contributed by atoms with E-state index in [4.69, 9.17) is 5.73 Å². The van der Waals surface area contributed by atoms with Gasteiger partial charge in [-0.2, -0.15) is 0 Å². The second-order valence-corrected chi connectivity index (χ2v) is 4.92. The second kappa shape index (κ2) is 6.29. The van der Waals surface area contributed by atoms with Gasteiger partial charge in [-0.3, -0.25) is 0 Å². The minimum atomic E-state index is 0.642. The maximum atomic E-state index is 5.56. The molecule has 0 saturated heterocycles. The van der Waals surface area contributed by atoms with Crippen LogP contribution in [0.15, 0.2) is 22.7 Å². The number of hydrogen-bond acceptors (Lipinski definition) is 1. The van der Waals surface area contributed by atoms with Crippen molar-refractivity contribution >= 4 is 15.9 Å². The van der Waals surface area contributed by atoms with E-state index in [-0.39, 0.29) is 0 Å². The maximum absolute atomic E-state index is 5.56. The minimum Gasteiger partial charge on any atom is -0.330 e. The second-order valence-electron chi connectivity index (χ2n) is 4.06. The summed E-state index contributed by atoms with van der Waals surface area (Å²) in [7, 11) is 0. The van der Waals surface area contributed by atoms with Gasteiger partial charge >= 0.3 is 0 Å². The van der Waals surface area contributed by atoms with Crippen LogP contribution in [0.4, 0.5) is 0 Å². The maximum Gasteiger partial charge on any atom is 0.0212 e. The largest absolute Gasteiger partial charge is 0.330 e. The highest BCUT2D eigenvalue weighted by Crippen LogP contribution is 2.31. The van der Waals surface area contributed by atoms with Crippen molar-refractivity contribution in [3.05, 3.63) is 33.8 Å². The van der Waals surface area contributed by atoms with Crippen LogP contribution in [0.2, 0.25) is 0 Å². The van der Waals surface area contributed by atoms with E-state index in [9.17, 15) is 0 Å². The Kier molecular flexibility index (Phi) is 5.34. The topological polar surface area (TPSA) is 26.0 Å². The molecule has 1 atom stereocenters. The Labute approximate surface area is 101 Å². The van der Waals surface area contributed by atoms with Crippen LogP contribution >= 0.6 is 15.9 Å². The van der Waals surface area contributed by atoms with Gasteiger partial charge < -0.3 is 5.73 Å². The summed E-state index contributed by atoms with van der Waals surface area (Å²) in [6.07, 6.45) is 3.48. The smallest absolute Gasteiger partial charge is 0.0212 e. The number of nitrogens with two attached hydrogens (primary N) is 1. The predicted octanol–water partition coefficient (Wildman–Crippen LogP) is 3.99. The molecule has 0 amide bonds. The molecule has 0 aliphatic rings. The highest BCUT2D eigenvalue weighted by Gasteiger charge is 2.11. The van der Waals surface area contributed by atoms with E-state index in [1.807, 2.05) is 0 Å². The molecule has 1 nitrogen and oxygen atoms in total. The SMILES string of the molecule is CCC(CCCN)c1ccc(C)cc1Br. The molecule has 0 aliphatic carbocycles. The fraction of sp³-hybridized carbons (Fsp3) is 0.538. The molecule has 0 aromatic heterocycles. The first-order valence-electron chi connectivity index (χ1n) is 5.65. The quantitative estimate of drug-likeness (QED) is 0.860. The summed E-state index contributed by atoms with van der Waals surface area (Å²) in [6, 6.07) is 6.62. The summed E-state index contributed by atoms with van der Waals surface area (Å²) < 4.78 is 1.24. The average Bonchev–Trinajstić information content (AvgIpc) is 2.21. The molecule has 2 heteroatoms. The van der Waals surface area contributed by atoms with Crippen LogP contribution in [0, 0.1) is 6.92 Å². The van der Waals surface area contributed by atoms with Gasteiger partial charge in [0.1, 0.15) is 0 Å². The first-order chi connectivity index (χ1) is 7.19. The van der Waals surface area contributed by atoms with Crippen LogP contribution in [0.5, 0.6) is 0 Å². The van der Waals surface area contributed by atoms with Gasteiger partial charge in [-0.25, -0.2) is 0 Å². The lowest BCUT2D eigenvalue weighted by molar-refractivity contribution is 0.579. The summed E-state index contributed by atoms with van der Waals surface area (Å²) >= 11 is 3.65. The van der Waals surface area contributed by atoms with Crippen LogP contribution in [-0.4, -0.2) is 6.54 Å². The lowest BCUT2D eigenvalue weighted by Crippen LogP contribution is -2.04. The third kappa shape index (κ3) is 3.62. The van der Waals surface area contributed by atoms with Gasteiger partial charge in [-0.1, -0.05) is 35.0 Å². The molecular weight excluding hydrogens is 250 g/mol. The molecule has 84 valence electrons. The molecule has 0 saturated carbocycles. The predicted molar refractivity (Wildman–Crippen MR) is 70.2 cm³/mol. The van der Waals surface area contributed by atoms with Crippen molar-refractivity contribution in [2.75, 3.05) is 6.54 Å². The third-order valence-electron chi connectivity index (χ3n) is 2.85. The molecule has 1 rings (SSSR count). The van der Waals surface area contributed by atoms with Crippen LogP contribution in [0.25, 0.3) is 0 Å². The number of halogens is 1. The van der Waals surface area contributed by atoms with Crippen molar-refractivity contribution in [1.29, 1.82) is 0 Å². The minimum absolute atomic E-state index is 0.642. The first-order valence-corrected chi connectivity index (χ1v) is 6.44. The average molecular weight is 270 g/mol. The van der Waals surface area contributed by atoms with Gasteiger partial charge in [0.2, 0.25) is 0 Å². The van der Waals surface area contributed by atoms with Gasteiger partial charge in [0.15, 0.2) is 0 Å². The zero-order valence-corrected chi connectivity index (χ0v) is 11.2. The van der Waals surface area contributed by atoms with Gasteiger partial charge in [-0.15, -0.1) is 0 Å². The molecule has 15 heavy (non-hydrogen) atoms. The van der Waals surface area contributed by atoms with Gasteiger partial charge in [0.25, 0.3) is 0 Å². The zero-order chi connectivity index (χ0) is 11.3. The van der Waals surface area contributed by atoms with E-state index >= 15 is 0 Å². The summed E-state index contributed by atoms with van der Waals surface area (Å²) in [5.74, 6) is 0.642. The van der Waals surface area contributed by atoms with Gasteiger partial charge in [0.05, 0.1) is 0 Å². The summed E-state index contributed by atoms with van der Waals surface area (Å²) in [6.45, 7) is 5.16. The van der Waals surface area contributed by atoms with Crippen LogP contribution in [0.3, 0.4) is 0 Å². The number of hydrogen-bond donors (Lipinski definition) is 1. The van der Waals surface area contributed by atoms with Crippen molar-refractivity contribution in [2.45, 2.75) is 39.0 Å². The van der Waals surface area contributed by atoms with Gasteiger partial charge in [-0.05, 0) is 55.8 Å². The van der Waals surface area contributed by atoms with Crippen LogP contribution in [-0.2, 0) is 0 Å². The lowest BCUT2D eigenvalue weighted by atomic mass is 9.91. The number of benzene rings is 1. The number of aryl methyl sites for hydroxylation is 1. The highest BCUT2D eigenvalue weighted by molar-refractivity contribution is 9.10. The van der Waals surface area contributed by atoms with E-state index in [1.165, 1.54) is 28.4 Å². The Bertz CT molecular complexity index is 309. The van der Waals surface area contributed by atoms with Crippen LogP contribution in [0.1, 0.15) is 43.2 Å². The van der Waals surface area contributed by atoms with E-state index < -0.39 is 0 Å². The van der Waals surface area contributed by atoms with Crippen molar-refractivity contribution in [2.24, 2.45) is 5.73 Å². The standard InChI is InChI=1S/C13H20BrN/c1-3-11(5-4-8-15)12-7-6-10(2)9-13(12)14/h6-7,9,11H,3-5,8,15H2,1-2H3. The molecule has 0 aliphatic heterocycles. The summed E-state index contributed by atoms with van der Waals surface area (Å²) in [5.41, 5.74) is 8.29. The van der Waals surface area contributed by atoms with E-state index in [1.54, 1.807) is 0 Å². The molecule has 0 bridgehead atoms. The molecule has 1 aromatic rings. The van der Waals surface area contributed by atoms with E-state index in [2.05, 4.69) is 48.0 Å². The molecule has 0 fully saturated rings. The molecule has 1 unspecified atom stereocenters. The Morgan fingerprint density at radius 1 is 1.40 bits per heavy atom. The summed E-state index contributed by atoms with van der Waals surface area (Å²) in [5, 5.41) is 0. The normalized spacial score (nSPS) is 12.8. The van der Waals surface area contributed by atoms with Crippen molar-refractivity contribution in [3.8, 4) is 0 Å². The number of rotatable bonds is 5. The molecular formula is C13H20BrN. The highest BCUT2D eigenvalue weighted by atomic mass is 79.9. The Hall–Kier alpha value is -0.340. The molecule has 2 N–H and O–H groups in total. The molecule has 0 heterocycles. The fourth-order valence-corrected chi connectivity index (χ4v) is 2.72. The molecule has 1 aromatic carbocycles. The van der Waals surface area contributed by atoms with E-state index in [0.717, 1.165) is 13.0 Å². The fourth-order valence-electron chi connectivity index (χ4n) is 1.91. The van der Waals surface area contributed by atoms with Crippen molar-refractivity contribution in [3.63, 3.8) is 0 Å². The van der Waals surface area contributed by atoms with E-state index in [0.29, 0.717) is 5.92 Å². The molecule has 0 spiro atoms. The Morgan fingerprint density at radius 2 is 2.13 bits per heavy atom. The zero-order valence-electron chi connectivity index (χ0n) is 9.59. The Balaban J connectivity index is 2.81. The lowest BCUT2D eigenvalue weighted by Gasteiger charge is -2.17. The van der Waals surface area contributed by atoms with Crippen molar-refractivity contribution in [1.82, 2.24) is 0 Å². The van der Waals surface area contributed by atoms with Gasteiger partial charge in [0, 0.05) is 4.47 Å². The Morgan fingerprint density at radius 3 is 2.67 bits per heavy atom. The monoisotopic (exact) mass is 269 g/mol. The third-order valence-corrected chi connectivity index (χ3v) is 3.53. The van der Waals surface area contributed by atoms with Crippen molar-refractivity contribution < 1.29 is 0 Å². The van der Waals surface area contributed by atoms with Crippen LogP contribution < -0.4 is 5.73 Å². The summed E-state index contributed by atoms with van der Waals surface area (Å²) in [4.78, 5) is 0. The first kappa shape index (κ1) is 12.7.